The maximum absolute atomic E-state index is 12.3. The molecule has 0 unspecified atom stereocenters. The van der Waals surface area contributed by atoms with Gasteiger partial charge >= 0.3 is 0 Å². The summed E-state index contributed by atoms with van der Waals surface area (Å²) in [6, 6.07) is 13.4. The molecule has 0 saturated heterocycles. The van der Waals surface area contributed by atoms with Crippen molar-refractivity contribution < 1.29 is 4.79 Å². The minimum atomic E-state index is -0.0314. The molecule has 0 radical (unpaired) electrons. The number of aromatic nitrogens is 3. The standard InChI is InChI=1S/C21H19N5O/c1-26(2)21(27)15-4-3-5-16(12-15)24-20-17-8-11-23-13-18(17)25-19(20)14-6-9-22-10-7-14/h3-13,24-25H,1-2H3. The first-order chi connectivity index (χ1) is 13.1. The average molecular weight is 357 g/mol. The van der Waals surface area contributed by atoms with Gasteiger partial charge in [-0.1, -0.05) is 6.07 Å². The van der Waals surface area contributed by atoms with Gasteiger partial charge < -0.3 is 15.2 Å². The fourth-order valence-electron chi connectivity index (χ4n) is 3.04. The molecule has 0 fully saturated rings. The van der Waals surface area contributed by atoms with Gasteiger partial charge in [0.2, 0.25) is 0 Å². The van der Waals surface area contributed by atoms with E-state index in [9.17, 15) is 4.79 Å². The summed E-state index contributed by atoms with van der Waals surface area (Å²) in [7, 11) is 3.49. The average Bonchev–Trinajstić information content (AvgIpc) is 3.07. The number of carbonyl (C=O) groups is 1. The van der Waals surface area contributed by atoms with Crippen LogP contribution in [0.2, 0.25) is 0 Å². The van der Waals surface area contributed by atoms with Gasteiger partial charge in [0.15, 0.2) is 0 Å². The molecule has 0 saturated carbocycles. The number of amides is 1. The van der Waals surface area contributed by atoms with Crippen LogP contribution >= 0.6 is 0 Å². The molecule has 0 spiro atoms. The largest absolute Gasteiger partial charge is 0.353 e. The van der Waals surface area contributed by atoms with Crippen LogP contribution in [-0.4, -0.2) is 39.9 Å². The van der Waals surface area contributed by atoms with Crippen LogP contribution in [0.4, 0.5) is 11.4 Å². The maximum Gasteiger partial charge on any atom is 0.253 e. The molecule has 0 bridgehead atoms. The summed E-state index contributed by atoms with van der Waals surface area (Å²) in [5.74, 6) is -0.0314. The number of hydrogen-bond donors (Lipinski definition) is 2. The van der Waals surface area contributed by atoms with Crippen molar-refractivity contribution in [3.05, 3.63) is 72.8 Å². The molecule has 1 aromatic carbocycles. The topological polar surface area (TPSA) is 73.9 Å². The van der Waals surface area contributed by atoms with Crippen molar-refractivity contribution in [3.8, 4) is 11.3 Å². The van der Waals surface area contributed by atoms with Crippen LogP contribution in [-0.2, 0) is 0 Å². The first-order valence-corrected chi connectivity index (χ1v) is 8.58. The molecule has 0 aliphatic carbocycles. The summed E-state index contributed by atoms with van der Waals surface area (Å²) in [6.45, 7) is 0. The molecule has 1 amide bonds. The normalized spacial score (nSPS) is 10.7. The first kappa shape index (κ1) is 16.8. The predicted octanol–water partition coefficient (Wildman–Crippen LogP) is 4.07. The summed E-state index contributed by atoms with van der Waals surface area (Å²) in [5.41, 5.74) is 5.32. The van der Waals surface area contributed by atoms with Crippen molar-refractivity contribution in [3.63, 3.8) is 0 Å². The number of nitrogens with zero attached hydrogens (tertiary/aromatic N) is 3. The molecule has 4 rings (SSSR count). The fraction of sp³-hybridized carbons (Fsp3) is 0.0952. The van der Waals surface area contributed by atoms with Crippen molar-refractivity contribution in [2.24, 2.45) is 0 Å². The summed E-state index contributed by atoms with van der Waals surface area (Å²) in [4.78, 5) is 25.6. The Labute approximate surface area is 156 Å². The number of aromatic amines is 1. The molecule has 3 aromatic heterocycles. The van der Waals surface area contributed by atoms with E-state index < -0.39 is 0 Å². The van der Waals surface area contributed by atoms with Gasteiger partial charge in [-0.05, 0) is 36.4 Å². The highest BCUT2D eigenvalue weighted by Gasteiger charge is 2.15. The second kappa shape index (κ2) is 6.92. The number of H-pyrrole nitrogens is 1. The third-order valence-electron chi connectivity index (χ3n) is 4.35. The van der Waals surface area contributed by atoms with Crippen LogP contribution in [0.25, 0.3) is 22.2 Å². The van der Waals surface area contributed by atoms with Crippen LogP contribution in [0, 0.1) is 0 Å². The molecular weight excluding hydrogens is 338 g/mol. The summed E-state index contributed by atoms with van der Waals surface area (Å²) < 4.78 is 0. The van der Waals surface area contributed by atoms with Gasteiger partial charge in [0.05, 0.1) is 23.1 Å². The van der Waals surface area contributed by atoms with Crippen molar-refractivity contribution in [2.75, 3.05) is 19.4 Å². The third-order valence-corrected chi connectivity index (χ3v) is 4.35. The van der Waals surface area contributed by atoms with Crippen LogP contribution < -0.4 is 5.32 Å². The Kier molecular flexibility index (Phi) is 4.30. The van der Waals surface area contributed by atoms with E-state index in [1.807, 2.05) is 42.5 Å². The number of anilines is 2. The Morgan fingerprint density at radius 3 is 2.59 bits per heavy atom. The molecule has 3 heterocycles. The number of nitrogens with one attached hydrogen (secondary N) is 2. The van der Waals surface area contributed by atoms with Crippen molar-refractivity contribution in [2.45, 2.75) is 0 Å². The molecule has 6 heteroatoms. The molecule has 134 valence electrons. The van der Waals surface area contributed by atoms with E-state index in [4.69, 9.17) is 0 Å². The van der Waals surface area contributed by atoms with E-state index in [0.29, 0.717) is 5.56 Å². The quantitative estimate of drug-likeness (QED) is 0.577. The molecule has 0 atom stereocenters. The SMILES string of the molecule is CN(C)C(=O)c1cccc(Nc2c(-c3ccncc3)[nH]c3cnccc23)c1. The first-order valence-electron chi connectivity index (χ1n) is 8.58. The van der Waals surface area contributed by atoms with Crippen molar-refractivity contribution in [1.29, 1.82) is 0 Å². The number of hydrogen-bond acceptors (Lipinski definition) is 4. The van der Waals surface area contributed by atoms with Gasteiger partial charge in [-0.3, -0.25) is 14.8 Å². The van der Waals surface area contributed by atoms with E-state index in [1.165, 1.54) is 0 Å². The van der Waals surface area contributed by atoms with Gasteiger partial charge in [0, 0.05) is 54.9 Å². The lowest BCUT2D eigenvalue weighted by Crippen LogP contribution is -2.21. The van der Waals surface area contributed by atoms with E-state index in [0.717, 1.165) is 33.5 Å². The lowest BCUT2D eigenvalue weighted by molar-refractivity contribution is 0.0827. The molecular formula is C21H19N5O. The molecule has 27 heavy (non-hydrogen) atoms. The Bertz CT molecular complexity index is 1100. The summed E-state index contributed by atoms with van der Waals surface area (Å²) in [6.07, 6.45) is 7.10. The highest BCUT2D eigenvalue weighted by Crippen LogP contribution is 2.36. The zero-order valence-corrected chi connectivity index (χ0v) is 15.1. The van der Waals surface area contributed by atoms with Crippen LogP contribution in [0.15, 0.2) is 67.3 Å². The van der Waals surface area contributed by atoms with Gasteiger partial charge in [-0.25, -0.2) is 0 Å². The number of carbonyl (C=O) groups excluding carboxylic acids is 1. The van der Waals surface area contributed by atoms with E-state index in [-0.39, 0.29) is 5.91 Å². The Hall–Kier alpha value is -3.67. The molecule has 2 N–H and O–H groups in total. The molecule has 0 aliphatic rings. The van der Waals surface area contributed by atoms with E-state index in [2.05, 4.69) is 20.3 Å². The molecule has 4 aromatic rings. The van der Waals surface area contributed by atoms with Gasteiger partial charge in [-0.15, -0.1) is 0 Å². The monoisotopic (exact) mass is 357 g/mol. The van der Waals surface area contributed by atoms with Crippen LogP contribution in [0.3, 0.4) is 0 Å². The van der Waals surface area contributed by atoms with E-state index in [1.54, 1.807) is 43.8 Å². The number of pyridine rings is 2. The predicted molar refractivity (Wildman–Crippen MR) is 107 cm³/mol. The zero-order valence-electron chi connectivity index (χ0n) is 15.1. The minimum Gasteiger partial charge on any atom is -0.353 e. The summed E-state index contributed by atoms with van der Waals surface area (Å²) in [5, 5.41) is 4.51. The highest BCUT2D eigenvalue weighted by atomic mass is 16.2. The van der Waals surface area contributed by atoms with E-state index >= 15 is 0 Å². The zero-order chi connectivity index (χ0) is 18.8. The third kappa shape index (κ3) is 3.25. The van der Waals surface area contributed by atoms with Crippen molar-refractivity contribution in [1.82, 2.24) is 19.9 Å². The Balaban J connectivity index is 1.80. The lowest BCUT2D eigenvalue weighted by Gasteiger charge is -2.13. The van der Waals surface area contributed by atoms with Gasteiger partial charge in [-0.2, -0.15) is 0 Å². The number of benzene rings is 1. The van der Waals surface area contributed by atoms with Crippen LogP contribution in [0.1, 0.15) is 10.4 Å². The number of fused-ring (bicyclic) bond motifs is 1. The van der Waals surface area contributed by atoms with Crippen molar-refractivity contribution >= 4 is 28.2 Å². The number of rotatable bonds is 4. The molecule has 6 nitrogen and oxygen atoms in total. The second-order valence-corrected chi connectivity index (χ2v) is 6.44. The lowest BCUT2D eigenvalue weighted by atomic mass is 10.1. The smallest absolute Gasteiger partial charge is 0.253 e. The Morgan fingerprint density at radius 1 is 1.04 bits per heavy atom. The van der Waals surface area contributed by atoms with Crippen LogP contribution in [0.5, 0.6) is 0 Å². The second-order valence-electron chi connectivity index (χ2n) is 6.44. The molecule has 0 aliphatic heterocycles. The van der Waals surface area contributed by atoms with Gasteiger partial charge in [0.25, 0.3) is 5.91 Å². The fourth-order valence-corrected chi connectivity index (χ4v) is 3.04. The Morgan fingerprint density at radius 2 is 1.81 bits per heavy atom. The summed E-state index contributed by atoms with van der Waals surface area (Å²) >= 11 is 0. The highest BCUT2D eigenvalue weighted by molar-refractivity contribution is 6.02. The minimum absolute atomic E-state index is 0.0314. The van der Waals surface area contributed by atoms with Gasteiger partial charge in [0.1, 0.15) is 0 Å². The maximum atomic E-state index is 12.3.